The zero-order chi connectivity index (χ0) is 14.5. The van der Waals surface area contributed by atoms with Crippen molar-refractivity contribution >= 4 is 11.6 Å². The van der Waals surface area contributed by atoms with Gasteiger partial charge in [-0.25, -0.2) is 4.98 Å². The Morgan fingerprint density at radius 2 is 2.25 bits per heavy atom. The number of pyridine rings is 1. The van der Waals surface area contributed by atoms with Gasteiger partial charge in [-0.15, -0.1) is 0 Å². The fraction of sp³-hybridized carbons (Fsp3) is 0.357. The first-order valence-electron chi connectivity index (χ1n) is 6.62. The number of nitrogens with zero attached hydrogens (tertiary/aromatic N) is 2. The van der Waals surface area contributed by atoms with Gasteiger partial charge in [0.15, 0.2) is 0 Å². The number of aromatic amines is 1. The molecule has 2 aromatic rings. The van der Waals surface area contributed by atoms with Gasteiger partial charge in [0.25, 0.3) is 5.91 Å². The molecule has 3 N–H and O–H groups in total. The number of rotatable bonds is 5. The standard InChI is InChI=1S/C14H19N5O/c1-4-15-12-7-9(2)18-8-11(12)14(20)19-10(3)13-16-5-6-17-13/h5-8,10H,4H2,1-3H3,(H,15,18)(H,16,17)(H,19,20). The molecule has 0 aliphatic carbocycles. The summed E-state index contributed by atoms with van der Waals surface area (Å²) in [6.45, 7) is 6.51. The summed E-state index contributed by atoms with van der Waals surface area (Å²) >= 11 is 0. The van der Waals surface area contributed by atoms with E-state index in [1.54, 1.807) is 18.6 Å². The molecule has 0 saturated heterocycles. The van der Waals surface area contributed by atoms with E-state index >= 15 is 0 Å². The van der Waals surface area contributed by atoms with E-state index < -0.39 is 0 Å². The van der Waals surface area contributed by atoms with Crippen molar-refractivity contribution in [2.75, 3.05) is 11.9 Å². The average Bonchev–Trinajstić information content (AvgIpc) is 2.93. The minimum atomic E-state index is -0.187. The number of hydrogen-bond acceptors (Lipinski definition) is 4. The Morgan fingerprint density at radius 1 is 1.45 bits per heavy atom. The van der Waals surface area contributed by atoms with E-state index in [1.165, 1.54) is 0 Å². The topological polar surface area (TPSA) is 82.7 Å². The van der Waals surface area contributed by atoms with E-state index in [1.807, 2.05) is 26.8 Å². The highest BCUT2D eigenvalue weighted by Gasteiger charge is 2.16. The SMILES string of the molecule is CCNc1cc(C)ncc1C(=O)NC(C)c1ncc[nH]1. The van der Waals surface area contributed by atoms with E-state index in [0.29, 0.717) is 5.56 Å². The molecule has 0 fully saturated rings. The highest BCUT2D eigenvalue weighted by molar-refractivity contribution is 5.99. The monoisotopic (exact) mass is 273 g/mol. The predicted molar refractivity (Wildman–Crippen MR) is 77.6 cm³/mol. The second-order valence-corrected chi connectivity index (χ2v) is 4.57. The van der Waals surface area contributed by atoms with Crippen LogP contribution < -0.4 is 10.6 Å². The van der Waals surface area contributed by atoms with Crippen LogP contribution in [0, 0.1) is 6.92 Å². The number of anilines is 1. The summed E-state index contributed by atoms with van der Waals surface area (Å²) in [6.07, 6.45) is 4.99. The molecule has 0 aromatic carbocycles. The van der Waals surface area contributed by atoms with Crippen LogP contribution in [0.3, 0.4) is 0 Å². The van der Waals surface area contributed by atoms with Crippen molar-refractivity contribution in [3.8, 4) is 0 Å². The normalized spacial score (nSPS) is 11.9. The highest BCUT2D eigenvalue weighted by atomic mass is 16.1. The second kappa shape index (κ2) is 6.18. The zero-order valence-electron chi connectivity index (χ0n) is 11.9. The predicted octanol–water partition coefficient (Wildman–Crippen LogP) is 2.04. The van der Waals surface area contributed by atoms with Crippen molar-refractivity contribution in [3.05, 3.63) is 41.7 Å². The molecule has 1 atom stereocenters. The van der Waals surface area contributed by atoms with Crippen LogP contribution in [0.15, 0.2) is 24.7 Å². The number of carbonyl (C=O) groups is 1. The number of amides is 1. The molecule has 6 nitrogen and oxygen atoms in total. The number of H-pyrrole nitrogens is 1. The Hall–Kier alpha value is -2.37. The zero-order valence-corrected chi connectivity index (χ0v) is 11.9. The molecule has 2 aromatic heterocycles. The summed E-state index contributed by atoms with van der Waals surface area (Å²) in [5.74, 6) is 0.556. The third kappa shape index (κ3) is 3.14. The van der Waals surface area contributed by atoms with Crippen molar-refractivity contribution in [2.45, 2.75) is 26.8 Å². The Labute approximate surface area is 118 Å². The van der Waals surface area contributed by atoms with Crippen molar-refractivity contribution in [3.63, 3.8) is 0 Å². The maximum atomic E-state index is 12.3. The molecular formula is C14H19N5O. The van der Waals surface area contributed by atoms with Gasteiger partial charge in [-0.3, -0.25) is 9.78 Å². The van der Waals surface area contributed by atoms with Crippen LogP contribution in [0.4, 0.5) is 5.69 Å². The van der Waals surface area contributed by atoms with Gasteiger partial charge in [-0.2, -0.15) is 0 Å². The molecular weight excluding hydrogens is 254 g/mol. The van der Waals surface area contributed by atoms with E-state index in [-0.39, 0.29) is 11.9 Å². The molecule has 0 radical (unpaired) electrons. The van der Waals surface area contributed by atoms with E-state index in [4.69, 9.17) is 0 Å². The van der Waals surface area contributed by atoms with Gasteiger partial charge in [0.05, 0.1) is 17.3 Å². The largest absolute Gasteiger partial charge is 0.385 e. The minimum absolute atomic E-state index is 0.169. The van der Waals surface area contributed by atoms with Crippen LogP contribution >= 0.6 is 0 Å². The van der Waals surface area contributed by atoms with E-state index in [0.717, 1.165) is 23.8 Å². The summed E-state index contributed by atoms with van der Waals surface area (Å²) in [4.78, 5) is 23.6. The van der Waals surface area contributed by atoms with Gasteiger partial charge in [0, 0.05) is 30.8 Å². The van der Waals surface area contributed by atoms with Crippen LogP contribution in [-0.2, 0) is 0 Å². The Kier molecular flexibility index (Phi) is 4.34. The maximum Gasteiger partial charge on any atom is 0.255 e. The Morgan fingerprint density at radius 3 is 2.90 bits per heavy atom. The summed E-state index contributed by atoms with van der Waals surface area (Å²) in [5, 5.41) is 6.09. The highest BCUT2D eigenvalue weighted by Crippen LogP contribution is 2.17. The van der Waals surface area contributed by atoms with Gasteiger partial charge in [-0.1, -0.05) is 0 Å². The number of nitrogens with one attached hydrogen (secondary N) is 3. The van der Waals surface area contributed by atoms with Gasteiger partial charge >= 0.3 is 0 Å². The number of aryl methyl sites for hydroxylation is 1. The van der Waals surface area contributed by atoms with Crippen LogP contribution in [0.5, 0.6) is 0 Å². The molecule has 0 bridgehead atoms. The summed E-state index contributed by atoms with van der Waals surface area (Å²) < 4.78 is 0. The van der Waals surface area contributed by atoms with E-state index in [9.17, 15) is 4.79 Å². The van der Waals surface area contributed by atoms with Crippen LogP contribution in [0.2, 0.25) is 0 Å². The van der Waals surface area contributed by atoms with Crippen molar-refractivity contribution < 1.29 is 4.79 Å². The van der Waals surface area contributed by atoms with Gasteiger partial charge < -0.3 is 15.6 Å². The lowest BCUT2D eigenvalue weighted by atomic mass is 10.1. The lowest BCUT2D eigenvalue weighted by molar-refractivity contribution is 0.0939. The van der Waals surface area contributed by atoms with Crippen LogP contribution in [-0.4, -0.2) is 27.4 Å². The van der Waals surface area contributed by atoms with Crippen LogP contribution in [0.1, 0.15) is 41.8 Å². The fourth-order valence-corrected chi connectivity index (χ4v) is 1.93. The maximum absolute atomic E-state index is 12.3. The molecule has 0 aliphatic rings. The first-order chi connectivity index (χ1) is 9.61. The van der Waals surface area contributed by atoms with Crippen molar-refractivity contribution in [2.24, 2.45) is 0 Å². The lowest BCUT2D eigenvalue weighted by Gasteiger charge is -2.14. The molecule has 2 rings (SSSR count). The lowest BCUT2D eigenvalue weighted by Crippen LogP contribution is -2.28. The fourth-order valence-electron chi connectivity index (χ4n) is 1.93. The molecule has 2 heterocycles. The Balaban J connectivity index is 2.16. The first-order valence-corrected chi connectivity index (χ1v) is 6.62. The van der Waals surface area contributed by atoms with Crippen LogP contribution in [0.25, 0.3) is 0 Å². The second-order valence-electron chi connectivity index (χ2n) is 4.57. The summed E-state index contributed by atoms with van der Waals surface area (Å²) in [6, 6.07) is 1.68. The van der Waals surface area contributed by atoms with Crippen molar-refractivity contribution in [1.82, 2.24) is 20.3 Å². The Bertz CT molecular complexity index is 579. The molecule has 6 heteroatoms. The molecule has 0 spiro atoms. The summed E-state index contributed by atoms with van der Waals surface area (Å²) in [7, 11) is 0. The van der Waals surface area contributed by atoms with Crippen molar-refractivity contribution in [1.29, 1.82) is 0 Å². The van der Waals surface area contributed by atoms with Gasteiger partial charge in [-0.05, 0) is 26.8 Å². The number of imidazole rings is 1. The molecule has 20 heavy (non-hydrogen) atoms. The third-order valence-corrected chi connectivity index (χ3v) is 2.93. The molecule has 0 aliphatic heterocycles. The average molecular weight is 273 g/mol. The molecule has 0 saturated carbocycles. The van der Waals surface area contributed by atoms with Gasteiger partial charge in [0.2, 0.25) is 0 Å². The molecule has 1 unspecified atom stereocenters. The minimum Gasteiger partial charge on any atom is -0.385 e. The molecule has 106 valence electrons. The van der Waals surface area contributed by atoms with Gasteiger partial charge in [0.1, 0.15) is 5.82 Å². The number of aromatic nitrogens is 3. The quantitative estimate of drug-likeness (QED) is 0.778. The first kappa shape index (κ1) is 14.0. The number of hydrogen-bond donors (Lipinski definition) is 3. The number of carbonyl (C=O) groups excluding carboxylic acids is 1. The third-order valence-electron chi connectivity index (χ3n) is 2.93. The summed E-state index contributed by atoms with van der Waals surface area (Å²) in [5.41, 5.74) is 2.21. The smallest absolute Gasteiger partial charge is 0.255 e. The molecule has 1 amide bonds. The van der Waals surface area contributed by atoms with E-state index in [2.05, 4.69) is 25.6 Å².